The number of carbonyl (C=O) groups excluding carboxylic acids is 2. The molecule has 0 aliphatic rings. The molecule has 1 atom stereocenters. The Hall–Kier alpha value is -2.34. The van der Waals surface area contributed by atoms with Crippen molar-refractivity contribution in [2.75, 3.05) is 19.0 Å². The number of anilines is 1. The summed E-state index contributed by atoms with van der Waals surface area (Å²) in [6, 6.07) is 10.9. The molecule has 2 N–H and O–H groups in total. The third-order valence-electron chi connectivity index (χ3n) is 3.38. The van der Waals surface area contributed by atoms with Crippen LogP contribution < -0.4 is 15.5 Å². The first-order valence-electron chi connectivity index (χ1n) is 7.35. The molecule has 5 nitrogen and oxygen atoms in total. The minimum absolute atomic E-state index is 0.204. The van der Waals surface area contributed by atoms with Crippen LogP contribution in [0.1, 0.15) is 22.2 Å². The van der Waals surface area contributed by atoms with E-state index in [0.29, 0.717) is 11.4 Å². The van der Waals surface area contributed by atoms with Crippen molar-refractivity contribution in [1.29, 1.82) is 0 Å². The second kappa shape index (κ2) is 7.78. The maximum atomic E-state index is 12.1. The Kier molecular flexibility index (Phi) is 5.76. The summed E-state index contributed by atoms with van der Waals surface area (Å²) in [5, 5.41) is 7.38. The molecule has 1 aromatic heterocycles. The van der Waals surface area contributed by atoms with E-state index in [0.717, 1.165) is 11.3 Å². The largest absolute Gasteiger partial charge is 0.378 e. The summed E-state index contributed by atoms with van der Waals surface area (Å²) in [7, 11) is 3.94. The Morgan fingerprint density at radius 2 is 2.00 bits per heavy atom. The van der Waals surface area contributed by atoms with Crippen molar-refractivity contribution in [2.24, 2.45) is 0 Å². The van der Waals surface area contributed by atoms with Gasteiger partial charge < -0.3 is 15.5 Å². The van der Waals surface area contributed by atoms with Crippen LogP contribution in [0, 0.1) is 0 Å². The van der Waals surface area contributed by atoms with Gasteiger partial charge in [-0.05, 0) is 36.1 Å². The van der Waals surface area contributed by atoms with Gasteiger partial charge in [0.1, 0.15) is 6.04 Å². The minimum atomic E-state index is -0.582. The molecular formula is C17H21N3O2S. The highest BCUT2D eigenvalue weighted by Crippen LogP contribution is 2.13. The van der Waals surface area contributed by atoms with E-state index in [1.54, 1.807) is 13.0 Å². The van der Waals surface area contributed by atoms with Gasteiger partial charge in [0.2, 0.25) is 5.91 Å². The zero-order valence-electron chi connectivity index (χ0n) is 13.5. The van der Waals surface area contributed by atoms with Crippen LogP contribution in [0.2, 0.25) is 0 Å². The fraction of sp³-hybridized carbons (Fsp3) is 0.294. The topological polar surface area (TPSA) is 61.4 Å². The molecule has 0 radical (unpaired) electrons. The molecule has 122 valence electrons. The molecule has 0 saturated heterocycles. The summed E-state index contributed by atoms with van der Waals surface area (Å²) >= 11 is 1.35. The standard InChI is InChI=1S/C17H21N3O2S/c1-12(19-17(22)15-8-5-9-23-15)16(21)18-11-13-6-4-7-14(10-13)20(2)3/h4-10,12H,11H2,1-3H3,(H,18,21)(H,19,22)/t12-/m0/s1. The van der Waals surface area contributed by atoms with Crippen molar-refractivity contribution in [1.82, 2.24) is 10.6 Å². The normalized spacial score (nSPS) is 11.6. The SMILES string of the molecule is C[C@H](NC(=O)c1cccs1)C(=O)NCc1cccc(N(C)C)c1. The smallest absolute Gasteiger partial charge is 0.261 e. The molecule has 2 aromatic rings. The number of carbonyl (C=O) groups is 2. The Bertz CT molecular complexity index is 668. The van der Waals surface area contributed by atoms with E-state index in [2.05, 4.69) is 10.6 Å². The second-order valence-corrected chi connectivity index (χ2v) is 6.40. The summed E-state index contributed by atoms with van der Waals surface area (Å²) in [6.07, 6.45) is 0. The number of hydrogen-bond acceptors (Lipinski definition) is 4. The van der Waals surface area contributed by atoms with Gasteiger partial charge in [0.15, 0.2) is 0 Å². The predicted molar refractivity (Wildman–Crippen MR) is 93.9 cm³/mol. The van der Waals surface area contributed by atoms with Gasteiger partial charge in [-0.2, -0.15) is 0 Å². The van der Waals surface area contributed by atoms with Gasteiger partial charge >= 0.3 is 0 Å². The van der Waals surface area contributed by atoms with Gasteiger partial charge in [-0.25, -0.2) is 0 Å². The van der Waals surface area contributed by atoms with Crippen molar-refractivity contribution >= 4 is 28.8 Å². The highest BCUT2D eigenvalue weighted by atomic mass is 32.1. The number of amides is 2. The molecule has 0 spiro atoms. The van der Waals surface area contributed by atoms with Gasteiger partial charge in [0.05, 0.1) is 4.88 Å². The quantitative estimate of drug-likeness (QED) is 0.853. The first-order chi connectivity index (χ1) is 11.0. The highest BCUT2D eigenvalue weighted by molar-refractivity contribution is 7.12. The fourth-order valence-electron chi connectivity index (χ4n) is 2.03. The van der Waals surface area contributed by atoms with Gasteiger partial charge in [-0.3, -0.25) is 9.59 Å². The number of nitrogens with zero attached hydrogens (tertiary/aromatic N) is 1. The Morgan fingerprint density at radius 3 is 2.65 bits per heavy atom. The van der Waals surface area contributed by atoms with E-state index >= 15 is 0 Å². The first-order valence-corrected chi connectivity index (χ1v) is 8.23. The molecule has 0 aliphatic heterocycles. The Balaban J connectivity index is 1.86. The van der Waals surface area contributed by atoms with E-state index < -0.39 is 6.04 Å². The predicted octanol–water partition coefficient (Wildman–Crippen LogP) is 2.25. The molecule has 23 heavy (non-hydrogen) atoms. The first kappa shape index (κ1) is 17.0. The molecule has 0 fully saturated rings. The maximum Gasteiger partial charge on any atom is 0.261 e. The van der Waals surface area contributed by atoms with Crippen LogP contribution in [0.15, 0.2) is 41.8 Å². The Morgan fingerprint density at radius 1 is 1.22 bits per heavy atom. The van der Waals surface area contributed by atoms with E-state index in [1.165, 1.54) is 11.3 Å². The van der Waals surface area contributed by atoms with Crippen LogP contribution in [-0.4, -0.2) is 32.0 Å². The third kappa shape index (κ3) is 4.82. The number of thiophene rings is 1. The number of benzene rings is 1. The van der Waals surface area contributed by atoms with Crippen LogP contribution in [-0.2, 0) is 11.3 Å². The molecule has 2 rings (SSSR count). The van der Waals surface area contributed by atoms with Crippen LogP contribution in [0.4, 0.5) is 5.69 Å². The maximum absolute atomic E-state index is 12.1. The molecular weight excluding hydrogens is 310 g/mol. The van der Waals surface area contributed by atoms with Crippen molar-refractivity contribution < 1.29 is 9.59 Å². The lowest BCUT2D eigenvalue weighted by Crippen LogP contribution is -2.44. The summed E-state index contributed by atoms with van der Waals surface area (Å²) in [5.74, 6) is -0.428. The number of nitrogens with one attached hydrogen (secondary N) is 2. The monoisotopic (exact) mass is 331 g/mol. The lowest BCUT2D eigenvalue weighted by Gasteiger charge is -2.16. The van der Waals surface area contributed by atoms with E-state index in [9.17, 15) is 9.59 Å². The lowest BCUT2D eigenvalue weighted by molar-refractivity contribution is -0.122. The Labute approximate surface area is 140 Å². The summed E-state index contributed by atoms with van der Waals surface area (Å²) < 4.78 is 0. The number of hydrogen-bond donors (Lipinski definition) is 2. The molecule has 2 amide bonds. The average Bonchev–Trinajstić information content (AvgIpc) is 3.07. The van der Waals surface area contributed by atoms with Crippen LogP contribution >= 0.6 is 11.3 Å². The zero-order chi connectivity index (χ0) is 16.8. The zero-order valence-corrected chi connectivity index (χ0v) is 14.3. The van der Waals surface area contributed by atoms with Crippen LogP contribution in [0.25, 0.3) is 0 Å². The summed E-state index contributed by atoms with van der Waals surface area (Å²) in [6.45, 7) is 2.11. The van der Waals surface area contributed by atoms with Crippen molar-refractivity contribution in [3.63, 3.8) is 0 Å². The molecule has 6 heteroatoms. The molecule has 1 heterocycles. The van der Waals surface area contributed by atoms with Crippen LogP contribution in [0.5, 0.6) is 0 Å². The highest BCUT2D eigenvalue weighted by Gasteiger charge is 2.16. The third-order valence-corrected chi connectivity index (χ3v) is 4.25. The molecule has 0 aliphatic carbocycles. The average molecular weight is 331 g/mol. The molecule has 0 unspecified atom stereocenters. The molecule has 0 bridgehead atoms. The molecule has 0 saturated carbocycles. The minimum Gasteiger partial charge on any atom is -0.378 e. The van der Waals surface area contributed by atoms with Crippen molar-refractivity contribution in [3.05, 3.63) is 52.2 Å². The second-order valence-electron chi connectivity index (χ2n) is 5.45. The van der Waals surface area contributed by atoms with Crippen molar-refractivity contribution in [3.8, 4) is 0 Å². The van der Waals surface area contributed by atoms with E-state index in [4.69, 9.17) is 0 Å². The fourth-order valence-corrected chi connectivity index (χ4v) is 2.65. The molecule has 1 aromatic carbocycles. The van der Waals surface area contributed by atoms with Crippen molar-refractivity contribution in [2.45, 2.75) is 19.5 Å². The van der Waals surface area contributed by atoms with E-state index in [-0.39, 0.29) is 11.8 Å². The van der Waals surface area contributed by atoms with Crippen LogP contribution in [0.3, 0.4) is 0 Å². The summed E-state index contributed by atoms with van der Waals surface area (Å²) in [4.78, 5) is 26.6. The summed E-state index contributed by atoms with van der Waals surface area (Å²) in [5.41, 5.74) is 2.09. The van der Waals surface area contributed by atoms with Gasteiger partial charge in [0, 0.05) is 26.3 Å². The van der Waals surface area contributed by atoms with E-state index in [1.807, 2.05) is 54.7 Å². The van der Waals surface area contributed by atoms with Gasteiger partial charge in [0.25, 0.3) is 5.91 Å². The van der Waals surface area contributed by atoms with Gasteiger partial charge in [-0.15, -0.1) is 11.3 Å². The number of rotatable bonds is 6. The lowest BCUT2D eigenvalue weighted by atomic mass is 10.2. The van der Waals surface area contributed by atoms with Gasteiger partial charge in [-0.1, -0.05) is 18.2 Å².